The van der Waals surface area contributed by atoms with Gasteiger partial charge in [-0.3, -0.25) is 14.5 Å². The first-order valence-corrected chi connectivity index (χ1v) is 8.07. The molecule has 5 heteroatoms. The van der Waals surface area contributed by atoms with Gasteiger partial charge in [0.25, 0.3) is 11.8 Å². The molecular weight excluding hydrogens is 306 g/mol. The van der Waals surface area contributed by atoms with E-state index in [-0.39, 0.29) is 17.9 Å². The number of benzene rings is 2. The molecule has 0 bridgehead atoms. The molecule has 24 heavy (non-hydrogen) atoms. The maximum Gasteiger partial charge on any atom is 0.261 e. The van der Waals surface area contributed by atoms with Crippen molar-refractivity contribution in [1.82, 2.24) is 4.90 Å². The van der Waals surface area contributed by atoms with Crippen LogP contribution in [0, 0.1) is 0 Å². The third-order valence-corrected chi connectivity index (χ3v) is 4.33. The smallest absolute Gasteiger partial charge is 0.261 e. The minimum absolute atomic E-state index is 0.0488. The predicted octanol–water partition coefficient (Wildman–Crippen LogP) is 3.25. The highest BCUT2D eigenvalue weighted by molar-refractivity contribution is 6.21. The molecule has 0 saturated carbocycles. The average molecular weight is 323 g/mol. The molecule has 0 spiro atoms. The summed E-state index contributed by atoms with van der Waals surface area (Å²) in [4.78, 5) is 26.4. The van der Waals surface area contributed by atoms with Gasteiger partial charge in [0.1, 0.15) is 11.5 Å². The van der Waals surface area contributed by atoms with Gasteiger partial charge < -0.3 is 9.47 Å². The van der Waals surface area contributed by atoms with E-state index in [2.05, 4.69) is 0 Å². The maximum absolute atomic E-state index is 12.6. The molecule has 0 aliphatic carbocycles. The number of rotatable bonds is 4. The molecule has 1 saturated heterocycles. The number of carbonyl (C=O) groups excluding carboxylic acids is 2. The van der Waals surface area contributed by atoms with E-state index in [4.69, 9.17) is 9.47 Å². The van der Waals surface area contributed by atoms with Gasteiger partial charge in [0.2, 0.25) is 0 Å². The number of para-hydroxylation sites is 1. The van der Waals surface area contributed by atoms with Crippen molar-refractivity contribution < 1.29 is 19.1 Å². The van der Waals surface area contributed by atoms with Crippen LogP contribution in [0.25, 0.3) is 0 Å². The number of hydrogen-bond donors (Lipinski definition) is 0. The standard InChI is InChI=1S/C19H17NO4/c21-18-16-9-8-14(24-13-5-2-1-3-6-13)11-17(16)19(22)20(18)12-15-7-4-10-23-15/h1-3,5-6,8-9,11,15H,4,7,10,12H2/t15-/m1/s1. The van der Waals surface area contributed by atoms with Gasteiger partial charge in [-0.25, -0.2) is 0 Å². The zero-order valence-electron chi connectivity index (χ0n) is 13.1. The molecule has 2 heterocycles. The molecule has 0 N–H and O–H groups in total. The third kappa shape index (κ3) is 2.67. The second-order valence-electron chi connectivity index (χ2n) is 5.98. The second kappa shape index (κ2) is 6.09. The van der Waals surface area contributed by atoms with E-state index in [1.54, 1.807) is 18.2 Å². The van der Waals surface area contributed by atoms with Gasteiger partial charge in [-0.05, 0) is 43.2 Å². The molecule has 2 aliphatic heterocycles. The predicted molar refractivity (Wildman–Crippen MR) is 87.3 cm³/mol. The molecule has 2 aromatic rings. The summed E-state index contributed by atoms with van der Waals surface area (Å²) in [5.41, 5.74) is 0.824. The first kappa shape index (κ1) is 14.9. The Hall–Kier alpha value is -2.66. The Kier molecular flexibility index (Phi) is 3.78. The summed E-state index contributed by atoms with van der Waals surface area (Å²) in [5, 5.41) is 0. The average Bonchev–Trinajstić information content (AvgIpc) is 3.19. The molecule has 2 aromatic carbocycles. The lowest BCUT2D eigenvalue weighted by Gasteiger charge is -2.17. The molecule has 1 fully saturated rings. The number of ether oxygens (including phenoxy) is 2. The molecular formula is C19H17NO4. The van der Waals surface area contributed by atoms with Crippen LogP contribution in [0.2, 0.25) is 0 Å². The SMILES string of the molecule is O=C1c2ccc(Oc3ccccc3)cc2C(=O)N1C[C@H]1CCCO1. The topological polar surface area (TPSA) is 55.8 Å². The minimum atomic E-state index is -0.274. The Balaban J connectivity index is 1.56. The maximum atomic E-state index is 12.6. The van der Waals surface area contributed by atoms with Gasteiger partial charge in [0.05, 0.1) is 23.8 Å². The lowest BCUT2D eigenvalue weighted by molar-refractivity contribution is 0.0475. The number of amides is 2. The van der Waals surface area contributed by atoms with Crippen LogP contribution in [0.5, 0.6) is 11.5 Å². The van der Waals surface area contributed by atoms with Crippen LogP contribution in [0.3, 0.4) is 0 Å². The number of hydrogen-bond acceptors (Lipinski definition) is 4. The van der Waals surface area contributed by atoms with Gasteiger partial charge in [0, 0.05) is 6.61 Å². The highest BCUT2D eigenvalue weighted by atomic mass is 16.5. The van der Waals surface area contributed by atoms with E-state index < -0.39 is 0 Å². The molecule has 0 radical (unpaired) electrons. The molecule has 4 rings (SSSR count). The van der Waals surface area contributed by atoms with Crippen LogP contribution in [-0.2, 0) is 4.74 Å². The number of nitrogens with zero attached hydrogens (tertiary/aromatic N) is 1. The Bertz CT molecular complexity index is 781. The number of imide groups is 1. The Labute approximate surface area is 139 Å². The van der Waals surface area contributed by atoms with Crippen molar-refractivity contribution in [3.63, 3.8) is 0 Å². The van der Waals surface area contributed by atoms with E-state index in [1.165, 1.54) is 4.90 Å². The van der Waals surface area contributed by atoms with Crippen molar-refractivity contribution in [1.29, 1.82) is 0 Å². The fourth-order valence-electron chi connectivity index (χ4n) is 3.12. The van der Waals surface area contributed by atoms with Crippen molar-refractivity contribution in [2.45, 2.75) is 18.9 Å². The summed E-state index contributed by atoms with van der Waals surface area (Å²) in [6.07, 6.45) is 1.81. The highest BCUT2D eigenvalue weighted by Crippen LogP contribution is 2.30. The van der Waals surface area contributed by atoms with Gasteiger partial charge in [-0.15, -0.1) is 0 Å². The monoisotopic (exact) mass is 323 g/mol. The zero-order chi connectivity index (χ0) is 16.5. The summed E-state index contributed by atoms with van der Waals surface area (Å²) in [6, 6.07) is 14.3. The fourth-order valence-corrected chi connectivity index (χ4v) is 3.12. The van der Waals surface area contributed by atoms with Gasteiger partial charge in [0.15, 0.2) is 0 Å². The molecule has 2 amide bonds. The van der Waals surface area contributed by atoms with Gasteiger partial charge >= 0.3 is 0 Å². The lowest BCUT2D eigenvalue weighted by Crippen LogP contribution is -2.36. The molecule has 0 aromatic heterocycles. The Morgan fingerprint density at radius 1 is 1.00 bits per heavy atom. The first-order chi connectivity index (χ1) is 11.7. The molecule has 2 aliphatic rings. The van der Waals surface area contributed by atoms with Crippen LogP contribution in [0.4, 0.5) is 0 Å². The summed E-state index contributed by atoms with van der Waals surface area (Å²) >= 11 is 0. The quantitative estimate of drug-likeness (QED) is 0.811. The third-order valence-electron chi connectivity index (χ3n) is 4.33. The molecule has 122 valence electrons. The molecule has 1 atom stereocenters. The fraction of sp³-hybridized carbons (Fsp3) is 0.263. The van der Waals surface area contributed by atoms with Gasteiger partial charge in [-0.1, -0.05) is 18.2 Å². The summed E-state index contributed by atoms with van der Waals surface area (Å²) < 4.78 is 11.3. The summed E-state index contributed by atoms with van der Waals surface area (Å²) in [5.74, 6) is 0.700. The van der Waals surface area contributed by atoms with E-state index in [0.717, 1.165) is 12.8 Å². The minimum Gasteiger partial charge on any atom is -0.457 e. The van der Waals surface area contributed by atoms with Gasteiger partial charge in [-0.2, -0.15) is 0 Å². The molecule has 5 nitrogen and oxygen atoms in total. The first-order valence-electron chi connectivity index (χ1n) is 8.07. The van der Waals surface area contributed by atoms with Crippen molar-refractivity contribution in [2.24, 2.45) is 0 Å². The highest BCUT2D eigenvalue weighted by Gasteiger charge is 2.37. The summed E-state index contributed by atoms with van der Waals surface area (Å²) in [6.45, 7) is 1.02. The molecule has 0 unspecified atom stereocenters. The van der Waals surface area contributed by atoms with Crippen LogP contribution in [-0.4, -0.2) is 36.0 Å². The lowest BCUT2D eigenvalue weighted by atomic mass is 10.1. The van der Waals surface area contributed by atoms with Crippen LogP contribution < -0.4 is 4.74 Å². The largest absolute Gasteiger partial charge is 0.457 e. The Morgan fingerprint density at radius 2 is 1.79 bits per heavy atom. The van der Waals surface area contributed by atoms with Crippen molar-refractivity contribution in [2.75, 3.05) is 13.2 Å². The summed E-state index contributed by atoms with van der Waals surface area (Å²) in [7, 11) is 0. The van der Waals surface area contributed by atoms with E-state index in [1.807, 2.05) is 30.3 Å². The number of carbonyl (C=O) groups is 2. The van der Waals surface area contributed by atoms with Crippen molar-refractivity contribution in [3.05, 3.63) is 59.7 Å². The normalized spacial score (nSPS) is 19.7. The van der Waals surface area contributed by atoms with E-state index >= 15 is 0 Å². The van der Waals surface area contributed by atoms with E-state index in [0.29, 0.717) is 35.8 Å². The Morgan fingerprint density at radius 3 is 2.54 bits per heavy atom. The van der Waals surface area contributed by atoms with Crippen LogP contribution in [0.1, 0.15) is 33.6 Å². The van der Waals surface area contributed by atoms with Crippen LogP contribution >= 0.6 is 0 Å². The zero-order valence-corrected chi connectivity index (χ0v) is 13.1. The van der Waals surface area contributed by atoms with E-state index in [9.17, 15) is 9.59 Å². The van der Waals surface area contributed by atoms with Crippen molar-refractivity contribution in [3.8, 4) is 11.5 Å². The van der Waals surface area contributed by atoms with Crippen molar-refractivity contribution >= 4 is 11.8 Å². The number of fused-ring (bicyclic) bond motifs is 1. The second-order valence-corrected chi connectivity index (χ2v) is 5.98. The van der Waals surface area contributed by atoms with Crippen LogP contribution in [0.15, 0.2) is 48.5 Å².